The Morgan fingerprint density at radius 2 is 2.14 bits per heavy atom. The van der Waals surface area contributed by atoms with Gasteiger partial charge in [-0.1, -0.05) is 33.6 Å². The first kappa shape index (κ1) is 11.8. The Kier molecular flexibility index (Phi) is 4.70. The quantitative estimate of drug-likeness (QED) is 0.612. The molecule has 0 aromatic rings. The highest BCUT2D eigenvalue weighted by molar-refractivity contribution is 9.10. The Hall–Kier alpha value is -0.270. The number of alkyl halides is 2. The van der Waals surface area contributed by atoms with E-state index in [2.05, 4.69) is 26.8 Å². The van der Waals surface area contributed by atoms with Gasteiger partial charge in [0, 0.05) is 0 Å². The van der Waals surface area contributed by atoms with Crippen LogP contribution in [0.3, 0.4) is 0 Å². The van der Waals surface area contributed by atoms with Crippen molar-refractivity contribution >= 4 is 33.4 Å². The number of halogens is 2. The van der Waals surface area contributed by atoms with Crippen LogP contribution in [0, 0.1) is 12.0 Å². The molecule has 1 amide bonds. The van der Waals surface area contributed by atoms with Gasteiger partial charge in [-0.05, 0) is 24.4 Å². The van der Waals surface area contributed by atoms with Gasteiger partial charge in [-0.25, -0.2) is 0 Å². The molecule has 1 fully saturated rings. The summed E-state index contributed by atoms with van der Waals surface area (Å²) in [4.78, 5) is 14.1. The van der Waals surface area contributed by atoms with E-state index in [-0.39, 0.29) is 0 Å². The molecule has 1 aliphatic rings. The van der Waals surface area contributed by atoms with Gasteiger partial charge >= 0.3 is 5.50 Å². The molecule has 0 aromatic carbocycles. The van der Waals surface area contributed by atoms with Gasteiger partial charge < -0.3 is 5.73 Å². The summed E-state index contributed by atoms with van der Waals surface area (Å²) in [7, 11) is 0. The van der Waals surface area contributed by atoms with E-state index in [1.54, 1.807) is 0 Å². The van der Waals surface area contributed by atoms with E-state index in [0.29, 0.717) is 5.92 Å². The SMILES string of the molecule is NC(=O)C(Br)C(Cl)[N+]#CC1CCCC1. The molecule has 2 N–H and O–H groups in total. The molecule has 0 aromatic heterocycles. The average molecular weight is 281 g/mol. The topological polar surface area (TPSA) is 47.5 Å². The molecule has 3 nitrogen and oxygen atoms in total. The highest BCUT2D eigenvalue weighted by atomic mass is 79.9. The van der Waals surface area contributed by atoms with Crippen LogP contribution in [-0.4, -0.2) is 16.2 Å². The summed E-state index contributed by atoms with van der Waals surface area (Å²) >= 11 is 8.90. The summed E-state index contributed by atoms with van der Waals surface area (Å²) in [6.07, 6.45) is 4.70. The van der Waals surface area contributed by atoms with Gasteiger partial charge in [0.05, 0.1) is 5.92 Å². The van der Waals surface area contributed by atoms with Crippen molar-refractivity contribution < 1.29 is 4.79 Å². The second kappa shape index (κ2) is 5.57. The summed E-state index contributed by atoms with van der Waals surface area (Å²) in [5, 5.41) is 0. The molecule has 1 rings (SSSR count). The van der Waals surface area contributed by atoms with Crippen molar-refractivity contribution in [3.8, 4) is 6.07 Å². The molecule has 0 saturated heterocycles. The highest BCUT2D eigenvalue weighted by Gasteiger charge is 2.30. The largest absolute Gasteiger partial charge is 0.368 e. The summed E-state index contributed by atoms with van der Waals surface area (Å²) in [5.41, 5.74) is 4.42. The zero-order valence-corrected chi connectivity index (χ0v) is 10.1. The Morgan fingerprint density at radius 1 is 1.57 bits per heavy atom. The first-order valence-electron chi connectivity index (χ1n) is 4.64. The van der Waals surface area contributed by atoms with Crippen molar-refractivity contribution in [3.05, 3.63) is 4.85 Å². The molecule has 2 unspecified atom stereocenters. The fourth-order valence-corrected chi connectivity index (χ4v) is 1.73. The van der Waals surface area contributed by atoms with Gasteiger partial charge in [-0.15, -0.1) is 0 Å². The van der Waals surface area contributed by atoms with Crippen molar-refractivity contribution in [1.82, 2.24) is 0 Å². The second-order valence-electron chi connectivity index (χ2n) is 3.42. The molecule has 0 heterocycles. The van der Waals surface area contributed by atoms with E-state index in [1.165, 1.54) is 12.8 Å². The van der Waals surface area contributed by atoms with E-state index in [1.807, 2.05) is 0 Å². The number of rotatable bonds is 2. The lowest BCUT2D eigenvalue weighted by atomic mass is 10.1. The average Bonchev–Trinajstić information content (AvgIpc) is 2.65. The molecule has 5 heteroatoms. The van der Waals surface area contributed by atoms with Crippen molar-refractivity contribution in [3.63, 3.8) is 0 Å². The number of hydrogen-bond acceptors (Lipinski definition) is 1. The lowest BCUT2D eigenvalue weighted by molar-refractivity contribution is -0.117. The summed E-state index contributed by atoms with van der Waals surface area (Å²) in [5.74, 6) is -0.0919. The third kappa shape index (κ3) is 3.47. The summed E-state index contributed by atoms with van der Waals surface area (Å²) in [6.45, 7) is 0. The van der Waals surface area contributed by atoms with Crippen LogP contribution in [0.4, 0.5) is 0 Å². The third-order valence-electron chi connectivity index (χ3n) is 2.25. The minimum Gasteiger partial charge on any atom is -0.368 e. The lowest BCUT2D eigenvalue weighted by Crippen LogP contribution is -2.29. The van der Waals surface area contributed by atoms with Crippen LogP contribution < -0.4 is 5.73 Å². The molecule has 0 bridgehead atoms. The van der Waals surface area contributed by atoms with Gasteiger partial charge in [0.15, 0.2) is 4.83 Å². The Bertz CT molecular complexity index is 268. The Morgan fingerprint density at radius 3 is 2.64 bits per heavy atom. The number of hydrogen-bond donors (Lipinski definition) is 1. The lowest BCUT2D eigenvalue weighted by Gasteiger charge is -1.96. The van der Waals surface area contributed by atoms with E-state index in [9.17, 15) is 4.79 Å². The zero-order valence-electron chi connectivity index (χ0n) is 7.75. The first-order chi connectivity index (χ1) is 6.61. The van der Waals surface area contributed by atoms with Crippen LogP contribution >= 0.6 is 27.5 Å². The van der Waals surface area contributed by atoms with Gasteiger partial charge in [0.2, 0.25) is 5.91 Å². The highest BCUT2D eigenvalue weighted by Crippen LogP contribution is 2.24. The zero-order chi connectivity index (χ0) is 10.6. The van der Waals surface area contributed by atoms with E-state index >= 15 is 0 Å². The van der Waals surface area contributed by atoms with E-state index in [4.69, 9.17) is 17.3 Å². The van der Waals surface area contributed by atoms with Crippen LogP contribution in [0.5, 0.6) is 0 Å². The number of primary amides is 1. The minimum atomic E-state index is -0.645. The molecular weight excluding hydrogens is 267 g/mol. The predicted molar refractivity (Wildman–Crippen MR) is 60.8 cm³/mol. The number of nitrogens with two attached hydrogens (primary N) is 1. The monoisotopic (exact) mass is 279 g/mol. The third-order valence-corrected chi connectivity index (χ3v) is 3.85. The number of carbonyl (C=O) groups is 1. The van der Waals surface area contributed by atoms with Gasteiger partial charge in [0.1, 0.15) is 0 Å². The fourth-order valence-electron chi connectivity index (χ4n) is 1.43. The van der Waals surface area contributed by atoms with Crippen molar-refractivity contribution in [2.45, 2.75) is 36.0 Å². The van der Waals surface area contributed by atoms with Crippen molar-refractivity contribution in [2.75, 3.05) is 0 Å². The molecule has 0 aliphatic heterocycles. The van der Waals surface area contributed by atoms with Crippen LogP contribution in [0.25, 0.3) is 4.85 Å². The predicted octanol–water partition coefficient (Wildman–Crippen LogP) is 2.32. The van der Waals surface area contributed by atoms with Crippen molar-refractivity contribution in [2.24, 2.45) is 11.7 Å². The maximum Gasteiger partial charge on any atom is 0.366 e. The number of amides is 1. The normalized spacial score (nSPS) is 21.0. The first-order valence-corrected chi connectivity index (χ1v) is 5.99. The van der Waals surface area contributed by atoms with Gasteiger partial charge in [-0.3, -0.25) is 4.79 Å². The van der Waals surface area contributed by atoms with Crippen LogP contribution in [0.2, 0.25) is 0 Å². The summed E-state index contributed by atoms with van der Waals surface area (Å²) < 4.78 is 0. The fraction of sp³-hybridized carbons (Fsp3) is 0.778. The molecule has 0 radical (unpaired) electrons. The molecule has 0 spiro atoms. The van der Waals surface area contributed by atoms with Crippen LogP contribution in [0.1, 0.15) is 25.7 Å². The molecule has 14 heavy (non-hydrogen) atoms. The molecule has 78 valence electrons. The molecule has 1 saturated carbocycles. The Labute approximate surface area is 96.9 Å². The van der Waals surface area contributed by atoms with Crippen LogP contribution in [-0.2, 0) is 4.79 Å². The van der Waals surface area contributed by atoms with Gasteiger partial charge in [-0.2, -0.15) is 0 Å². The smallest absolute Gasteiger partial charge is 0.366 e. The standard InChI is InChI=1S/C9H12BrClN2O/c10-7(9(12)14)8(11)13-5-6-3-1-2-4-6/h6-8H,1-4H2,(H-,12,14)/p+1. The summed E-state index contributed by atoms with van der Waals surface area (Å²) in [6, 6.07) is 2.97. The minimum absolute atomic E-state index is 0.406. The second-order valence-corrected chi connectivity index (χ2v) is 4.85. The van der Waals surface area contributed by atoms with Gasteiger partial charge in [0.25, 0.3) is 6.07 Å². The number of carbonyl (C=O) groups excluding carboxylic acids is 1. The Balaban J connectivity index is 2.45. The maximum atomic E-state index is 10.7. The maximum absolute atomic E-state index is 10.7. The van der Waals surface area contributed by atoms with E-state index < -0.39 is 16.2 Å². The number of nitrogens with zero attached hydrogens (tertiary/aromatic N) is 1. The molecule has 1 aliphatic carbocycles. The van der Waals surface area contributed by atoms with Crippen LogP contribution in [0.15, 0.2) is 0 Å². The molecular formula is C9H13BrClN2O+. The van der Waals surface area contributed by atoms with E-state index in [0.717, 1.165) is 12.8 Å². The van der Waals surface area contributed by atoms with Crippen molar-refractivity contribution in [1.29, 1.82) is 0 Å². The molecule has 2 atom stereocenters.